The molecule has 3 aromatic heterocycles. The Kier molecular flexibility index (Phi) is 3.18. The van der Waals surface area contributed by atoms with Crippen LogP contribution in [0, 0.1) is 0 Å². The fourth-order valence-electron chi connectivity index (χ4n) is 1.57. The summed E-state index contributed by atoms with van der Waals surface area (Å²) in [6, 6.07) is 2.08. The number of thiazole rings is 1. The SMILES string of the molecule is NCc1cn(Cc2csc(-c3ccsc3)n2)nn1. The van der Waals surface area contributed by atoms with Gasteiger partial charge in [0, 0.05) is 22.9 Å². The Morgan fingerprint density at radius 2 is 2.22 bits per heavy atom. The number of hydrogen-bond acceptors (Lipinski definition) is 6. The van der Waals surface area contributed by atoms with Crippen LogP contribution in [0.4, 0.5) is 0 Å². The Hall–Kier alpha value is -1.57. The summed E-state index contributed by atoms with van der Waals surface area (Å²) in [6.45, 7) is 1.05. The van der Waals surface area contributed by atoms with Crippen molar-refractivity contribution < 1.29 is 0 Å². The zero-order valence-corrected chi connectivity index (χ0v) is 11.1. The van der Waals surface area contributed by atoms with Gasteiger partial charge in [0.25, 0.3) is 0 Å². The second-order valence-electron chi connectivity index (χ2n) is 3.77. The molecule has 0 fully saturated rings. The molecule has 0 spiro atoms. The number of nitrogens with two attached hydrogens (primary N) is 1. The minimum Gasteiger partial charge on any atom is -0.325 e. The Bertz CT molecular complexity index is 625. The van der Waals surface area contributed by atoms with Gasteiger partial charge in [-0.15, -0.1) is 16.4 Å². The third-order valence-electron chi connectivity index (χ3n) is 2.44. The number of aromatic nitrogens is 4. The van der Waals surface area contributed by atoms with E-state index in [1.165, 1.54) is 5.56 Å². The van der Waals surface area contributed by atoms with Crippen molar-refractivity contribution in [3.05, 3.63) is 39.8 Å². The number of hydrogen-bond donors (Lipinski definition) is 1. The van der Waals surface area contributed by atoms with E-state index in [9.17, 15) is 0 Å². The average molecular weight is 277 g/mol. The van der Waals surface area contributed by atoms with Crippen LogP contribution in [-0.4, -0.2) is 20.0 Å². The minimum atomic E-state index is 0.414. The van der Waals surface area contributed by atoms with Crippen molar-refractivity contribution in [1.29, 1.82) is 0 Å². The van der Waals surface area contributed by atoms with Crippen molar-refractivity contribution >= 4 is 22.7 Å². The van der Waals surface area contributed by atoms with Crippen molar-refractivity contribution in [3.63, 3.8) is 0 Å². The van der Waals surface area contributed by atoms with Crippen molar-refractivity contribution in [1.82, 2.24) is 20.0 Å². The topological polar surface area (TPSA) is 69.6 Å². The lowest BCUT2D eigenvalue weighted by Crippen LogP contribution is -2.00. The highest BCUT2D eigenvalue weighted by Gasteiger charge is 2.06. The monoisotopic (exact) mass is 277 g/mol. The summed E-state index contributed by atoms with van der Waals surface area (Å²) in [5.41, 5.74) is 8.46. The molecule has 0 aliphatic carbocycles. The summed E-state index contributed by atoms with van der Waals surface area (Å²) < 4.78 is 1.76. The van der Waals surface area contributed by atoms with Gasteiger partial charge in [-0.3, -0.25) is 0 Å². The lowest BCUT2D eigenvalue weighted by molar-refractivity contribution is 0.641. The number of rotatable bonds is 4. The molecule has 0 amide bonds. The molecule has 0 saturated heterocycles. The molecule has 0 aromatic carbocycles. The smallest absolute Gasteiger partial charge is 0.124 e. The molecular weight excluding hydrogens is 266 g/mol. The van der Waals surface area contributed by atoms with Crippen LogP contribution in [0.1, 0.15) is 11.4 Å². The van der Waals surface area contributed by atoms with Crippen LogP contribution < -0.4 is 5.73 Å². The molecule has 92 valence electrons. The van der Waals surface area contributed by atoms with Gasteiger partial charge in [-0.2, -0.15) is 11.3 Å². The van der Waals surface area contributed by atoms with Crippen molar-refractivity contribution in [3.8, 4) is 10.6 Å². The molecule has 0 bridgehead atoms. The first-order chi connectivity index (χ1) is 8.85. The molecule has 0 aliphatic heterocycles. The molecule has 3 aromatic rings. The summed E-state index contributed by atoms with van der Waals surface area (Å²) >= 11 is 3.33. The largest absolute Gasteiger partial charge is 0.325 e. The Balaban J connectivity index is 1.77. The van der Waals surface area contributed by atoms with Gasteiger partial charge >= 0.3 is 0 Å². The number of thiophene rings is 1. The van der Waals surface area contributed by atoms with E-state index >= 15 is 0 Å². The van der Waals surface area contributed by atoms with Gasteiger partial charge in [0.1, 0.15) is 5.01 Å². The molecule has 0 atom stereocenters. The third kappa shape index (κ3) is 2.33. The summed E-state index contributed by atoms with van der Waals surface area (Å²) in [5, 5.41) is 15.2. The van der Waals surface area contributed by atoms with Gasteiger partial charge < -0.3 is 5.73 Å². The van der Waals surface area contributed by atoms with Crippen LogP contribution >= 0.6 is 22.7 Å². The van der Waals surface area contributed by atoms with Crippen molar-refractivity contribution in [2.24, 2.45) is 5.73 Å². The molecule has 18 heavy (non-hydrogen) atoms. The standard InChI is InChI=1S/C11H11N5S2/c12-3-9-4-16(15-14-9)5-10-7-18-11(13-10)8-1-2-17-6-8/h1-2,4,6-7H,3,5,12H2. The Labute approximate surface area is 112 Å². The van der Waals surface area contributed by atoms with E-state index in [1.807, 2.05) is 6.20 Å². The minimum absolute atomic E-state index is 0.414. The normalized spacial score (nSPS) is 10.9. The van der Waals surface area contributed by atoms with Gasteiger partial charge in [-0.05, 0) is 11.4 Å². The molecular formula is C11H11N5S2. The number of nitrogens with zero attached hydrogens (tertiary/aromatic N) is 4. The van der Waals surface area contributed by atoms with E-state index in [-0.39, 0.29) is 0 Å². The summed E-state index contributed by atoms with van der Waals surface area (Å²) in [5.74, 6) is 0. The molecule has 0 unspecified atom stereocenters. The van der Waals surface area contributed by atoms with Crippen LogP contribution in [0.2, 0.25) is 0 Å². The van der Waals surface area contributed by atoms with E-state index in [0.29, 0.717) is 13.1 Å². The second-order valence-corrected chi connectivity index (χ2v) is 5.41. The molecule has 7 heteroatoms. The molecule has 0 saturated carbocycles. The first-order valence-corrected chi connectivity index (χ1v) is 7.23. The van der Waals surface area contributed by atoms with Gasteiger partial charge in [-0.25, -0.2) is 9.67 Å². The fraction of sp³-hybridized carbons (Fsp3) is 0.182. The Morgan fingerprint density at radius 1 is 1.28 bits per heavy atom. The van der Waals surface area contributed by atoms with E-state index in [0.717, 1.165) is 16.4 Å². The lowest BCUT2D eigenvalue weighted by atomic mass is 10.3. The maximum absolute atomic E-state index is 5.50. The highest BCUT2D eigenvalue weighted by atomic mass is 32.1. The predicted molar refractivity (Wildman–Crippen MR) is 72.4 cm³/mol. The summed E-state index contributed by atoms with van der Waals surface area (Å²) in [4.78, 5) is 4.59. The van der Waals surface area contributed by atoms with Crippen molar-refractivity contribution in [2.45, 2.75) is 13.1 Å². The van der Waals surface area contributed by atoms with E-state index in [2.05, 4.69) is 37.5 Å². The van der Waals surface area contributed by atoms with Crippen LogP contribution in [0.3, 0.4) is 0 Å². The quantitative estimate of drug-likeness (QED) is 0.791. The highest BCUT2D eigenvalue weighted by Crippen LogP contribution is 2.25. The maximum atomic E-state index is 5.50. The zero-order chi connectivity index (χ0) is 12.4. The average Bonchev–Trinajstić information content (AvgIpc) is 3.10. The molecule has 2 N–H and O–H groups in total. The van der Waals surface area contributed by atoms with Gasteiger partial charge in [0.15, 0.2) is 0 Å². The van der Waals surface area contributed by atoms with Gasteiger partial charge in [0.2, 0.25) is 0 Å². The van der Waals surface area contributed by atoms with Crippen molar-refractivity contribution in [2.75, 3.05) is 0 Å². The molecule has 5 nitrogen and oxygen atoms in total. The molecule has 3 rings (SSSR count). The second kappa shape index (κ2) is 4.97. The van der Waals surface area contributed by atoms with Crippen LogP contribution in [0.5, 0.6) is 0 Å². The molecule has 3 heterocycles. The first-order valence-electron chi connectivity index (χ1n) is 5.41. The van der Waals surface area contributed by atoms with Crippen LogP contribution in [0.15, 0.2) is 28.4 Å². The fourth-order valence-corrected chi connectivity index (χ4v) is 3.10. The van der Waals surface area contributed by atoms with Crippen LogP contribution in [-0.2, 0) is 13.1 Å². The summed E-state index contributed by atoms with van der Waals surface area (Å²) in [7, 11) is 0. The van der Waals surface area contributed by atoms with E-state index in [1.54, 1.807) is 27.4 Å². The van der Waals surface area contributed by atoms with Gasteiger partial charge in [-0.1, -0.05) is 5.21 Å². The van der Waals surface area contributed by atoms with E-state index in [4.69, 9.17) is 5.73 Å². The zero-order valence-electron chi connectivity index (χ0n) is 9.48. The summed E-state index contributed by atoms with van der Waals surface area (Å²) in [6.07, 6.45) is 1.85. The van der Waals surface area contributed by atoms with Gasteiger partial charge in [0.05, 0.1) is 24.1 Å². The predicted octanol–water partition coefficient (Wildman–Crippen LogP) is 1.97. The maximum Gasteiger partial charge on any atom is 0.124 e. The van der Waals surface area contributed by atoms with Crippen LogP contribution in [0.25, 0.3) is 10.6 Å². The highest BCUT2D eigenvalue weighted by molar-refractivity contribution is 7.14. The van der Waals surface area contributed by atoms with E-state index < -0.39 is 0 Å². The molecule has 0 aliphatic rings. The molecule has 0 radical (unpaired) electrons. The third-order valence-corrected chi connectivity index (χ3v) is 4.06. The lowest BCUT2D eigenvalue weighted by Gasteiger charge is -1.94. The first kappa shape index (κ1) is 11.5. The Morgan fingerprint density at radius 3 is 2.94 bits per heavy atom.